The summed E-state index contributed by atoms with van der Waals surface area (Å²) >= 11 is 3.47. The van der Waals surface area contributed by atoms with Crippen molar-refractivity contribution in [2.45, 2.75) is 38.5 Å². The summed E-state index contributed by atoms with van der Waals surface area (Å²) in [5.74, 6) is 1.20. The number of hydrogen-bond acceptors (Lipinski definition) is 2. The van der Waals surface area contributed by atoms with Crippen molar-refractivity contribution >= 4 is 21.7 Å². The molecule has 1 aromatic carbocycles. The molecule has 1 fully saturated rings. The lowest BCUT2D eigenvalue weighted by Crippen LogP contribution is -2.14. The van der Waals surface area contributed by atoms with Crippen LogP contribution in [0.2, 0.25) is 0 Å². The van der Waals surface area contributed by atoms with Crippen molar-refractivity contribution in [1.29, 1.82) is 0 Å². The van der Waals surface area contributed by atoms with E-state index in [2.05, 4.69) is 15.9 Å². The van der Waals surface area contributed by atoms with Crippen molar-refractivity contribution in [2.75, 3.05) is 7.11 Å². The van der Waals surface area contributed by atoms with Crippen molar-refractivity contribution in [3.05, 3.63) is 28.2 Å². The van der Waals surface area contributed by atoms with Crippen LogP contribution in [0.25, 0.3) is 0 Å². The van der Waals surface area contributed by atoms with Gasteiger partial charge in [-0.25, -0.2) is 0 Å². The summed E-state index contributed by atoms with van der Waals surface area (Å²) in [5, 5.41) is 0. The number of carbonyl (C=O) groups is 1. The van der Waals surface area contributed by atoms with Crippen molar-refractivity contribution in [3.8, 4) is 5.75 Å². The van der Waals surface area contributed by atoms with E-state index in [1.54, 1.807) is 7.11 Å². The lowest BCUT2D eigenvalue weighted by atomic mass is 9.91. The molecule has 1 aromatic rings. The Morgan fingerprint density at radius 2 is 1.89 bits per heavy atom. The molecule has 0 bridgehead atoms. The molecule has 98 valence electrons. The Balaban J connectivity index is 2.21. The first-order chi connectivity index (χ1) is 8.72. The van der Waals surface area contributed by atoms with Crippen molar-refractivity contribution < 1.29 is 9.53 Å². The predicted molar refractivity (Wildman–Crippen MR) is 76.2 cm³/mol. The fraction of sp³-hybridized carbons (Fsp3) is 0.533. The molecular weight excluding hydrogens is 292 g/mol. The number of Topliss-reactive ketones (excluding diaryl/α,β-unsaturated/α-hetero) is 1. The minimum absolute atomic E-state index is 0.191. The van der Waals surface area contributed by atoms with E-state index in [0.717, 1.165) is 28.6 Å². The Morgan fingerprint density at radius 3 is 2.50 bits per heavy atom. The maximum absolute atomic E-state index is 12.6. The highest BCUT2D eigenvalue weighted by Gasteiger charge is 2.23. The summed E-state index contributed by atoms with van der Waals surface area (Å²) < 4.78 is 6.07. The van der Waals surface area contributed by atoms with Gasteiger partial charge in [-0.05, 0) is 31.0 Å². The lowest BCUT2D eigenvalue weighted by Gasteiger charge is -2.14. The largest absolute Gasteiger partial charge is 0.497 e. The first kappa shape index (κ1) is 13.6. The maximum Gasteiger partial charge on any atom is 0.167 e. The van der Waals surface area contributed by atoms with Gasteiger partial charge in [-0.15, -0.1) is 0 Å². The van der Waals surface area contributed by atoms with Crippen molar-refractivity contribution in [3.63, 3.8) is 0 Å². The van der Waals surface area contributed by atoms with Crippen LogP contribution in [0, 0.1) is 5.92 Å². The first-order valence-electron chi connectivity index (χ1n) is 6.60. The summed E-state index contributed by atoms with van der Waals surface area (Å²) in [4.78, 5) is 12.6. The van der Waals surface area contributed by atoms with Crippen LogP contribution in [0.3, 0.4) is 0 Å². The number of carbonyl (C=O) groups excluding carboxylic acids is 1. The van der Waals surface area contributed by atoms with Gasteiger partial charge in [0.25, 0.3) is 0 Å². The van der Waals surface area contributed by atoms with Gasteiger partial charge in [-0.1, -0.05) is 41.6 Å². The number of benzene rings is 1. The Kier molecular flexibility index (Phi) is 4.81. The highest BCUT2D eigenvalue weighted by Crippen LogP contribution is 2.30. The van der Waals surface area contributed by atoms with Gasteiger partial charge in [-0.2, -0.15) is 0 Å². The molecule has 18 heavy (non-hydrogen) atoms. The van der Waals surface area contributed by atoms with Crippen molar-refractivity contribution in [2.24, 2.45) is 5.92 Å². The molecule has 2 rings (SSSR count). The van der Waals surface area contributed by atoms with Crippen LogP contribution in [0.4, 0.5) is 0 Å². The Labute approximate surface area is 117 Å². The van der Waals surface area contributed by atoms with E-state index in [4.69, 9.17) is 4.74 Å². The molecule has 0 atom stereocenters. The molecule has 0 amide bonds. The van der Waals surface area contributed by atoms with E-state index in [1.165, 1.54) is 25.7 Å². The summed E-state index contributed by atoms with van der Waals surface area (Å²) in [6, 6.07) is 5.61. The molecule has 3 heteroatoms. The van der Waals surface area contributed by atoms with E-state index in [0.29, 0.717) is 0 Å². The molecule has 0 saturated heterocycles. The topological polar surface area (TPSA) is 26.3 Å². The van der Waals surface area contributed by atoms with E-state index >= 15 is 0 Å². The molecule has 1 aliphatic rings. The van der Waals surface area contributed by atoms with Gasteiger partial charge < -0.3 is 4.74 Å². The smallest absolute Gasteiger partial charge is 0.167 e. The standard InChI is InChI=1S/C15H19BrO2/c1-18-12-8-9-14(16)13(10-12)15(17)11-6-4-2-3-5-7-11/h8-11H,2-7H2,1H3. The minimum atomic E-state index is 0.191. The zero-order valence-corrected chi connectivity index (χ0v) is 12.3. The monoisotopic (exact) mass is 310 g/mol. The third kappa shape index (κ3) is 3.14. The second-order valence-electron chi connectivity index (χ2n) is 4.90. The Hall–Kier alpha value is -0.830. The highest BCUT2D eigenvalue weighted by molar-refractivity contribution is 9.10. The number of ether oxygens (including phenoxy) is 1. The van der Waals surface area contributed by atoms with E-state index < -0.39 is 0 Å². The average molecular weight is 311 g/mol. The number of halogens is 1. The number of hydrogen-bond donors (Lipinski definition) is 0. The summed E-state index contributed by atoms with van der Waals surface area (Å²) in [6.07, 6.45) is 6.95. The van der Waals surface area contributed by atoms with E-state index in [-0.39, 0.29) is 11.7 Å². The number of methoxy groups -OCH3 is 1. The fourth-order valence-corrected chi connectivity index (χ4v) is 3.02. The Bertz CT molecular complexity index is 421. The molecule has 0 spiro atoms. The predicted octanol–water partition coefficient (Wildman–Crippen LogP) is 4.61. The molecular formula is C15H19BrO2. The van der Waals surface area contributed by atoms with Crippen LogP contribution >= 0.6 is 15.9 Å². The van der Waals surface area contributed by atoms with Crippen LogP contribution < -0.4 is 4.74 Å². The second-order valence-corrected chi connectivity index (χ2v) is 5.75. The van der Waals surface area contributed by atoms with Gasteiger partial charge in [0.1, 0.15) is 5.75 Å². The first-order valence-corrected chi connectivity index (χ1v) is 7.39. The van der Waals surface area contributed by atoms with Crippen LogP contribution in [0.5, 0.6) is 5.75 Å². The zero-order valence-electron chi connectivity index (χ0n) is 10.7. The average Bonchev–Trinajstić information content (AvgIpc) is 2.67. The molecule has 0 N–H and O–H groups in total. The van der Waals surface area contributed by atoms with Crippen LogP contribution in [0.15, 0.2) is 22.7 Å². The number of rotatable bonds is 3. The SMILES string of the molecule is COc1ccc(Br)c(C(=O)C2CCCCCC2)c1. The lowest BCUT2D eigenvalue weighted by molar-refractivity contribution is 0.0906. The van der Waals surface area contributed by atoms with Gasteiger partial charge in [0.2, 0.25) is 0 Å². The Morgan fingerprint density at radius 1 is 1.22 bits per heavy atom. The molecule has 0 aliphatic heterocycles. The molecule has 0 aromatic heterocycles. The molecule has 0 heterocycles. The van der Waals surface area contributed by atoms with Crippen LogP contribution in [0.1, 0.15) is 48.9 Å². The highest BCUT2D eigenvalue weighted by atomic mass is 79.9. The normalized spacial score (nSPS) is 17.2. The zero-order chi connectivity index (χ0) is 13.0. The third-order valence-electron chi connectivity index (χ3n) is 3.66. The second kappa shape index (κ2) is 6.37. The quantitative estimate of drug-likeness (QED) is 0.602. The van der Waals surface area contributed by atoms with Gasteiger partial charge in [-0.3, -0.25) is 4.79 Å². The van der Waals surface area contributed by atoms with Gasteiger partial charge >= 0.3 is 0 Å². The van der Waals surface area contributed by atoms with Gasteiger partial charge in [0.05, 0.1) is 7.11 Å². The van der Waals surface area contributed by atoms with Gasteiger partial charge in [0.15, 0.2) is 5.78 Å². The van der Waals surface area contributed by atoms with Crippen LogP contribution in [-0.4, -0.2) is 12.9 Å². The molecule has 0 radical (unpaired) electrons. The summed E-state index contributed by atoms with van der Waals surface area (Å²) in [7, 11) is 1.63. The van der Waals surface area contributed by atoms with Gasteiger partial charge in [0, 0.05) is 16.0 Å². The maximum atomic E-state index is 12.6. The molecule has 1 aliphatic carbocycles. The summed E-state index contributed by atoms with van der Waals surface area (Å²) in [6.45, 7) is 0. The molecule has 0 unspecified atom stereocenters. The fourth-order valence-electron chi connectivity index (χ4n) is 2.58. The minimum Gasteiger partial charge on any atom is -0.497 e. The van der Waals surface area contributed by atoms with Crippen molar-refractivity contribution in [1.82, 2.24) is 0 Å². The van der Waals surface area contributed by atoms with E-state index in [9.17, 15) is 4.79 Å². The molecule has 1 saturated carbocycles. The molecule has 2 nitrogen and oxygen atoms in total. The summed E-state index contributed by atoms with van der Waals surface area (Å²) in [5.41, 5.74) is 0.765. The third-order valence-corrected chi connectivity index (χ3v) is 4.36. The van der Waals surface area contributed by atoms with E-state index in [1.807, 2.05) is 18.2 Å². The van der Waals surface area contributed by atoms with Crippen LogP contribution in [-0.2, 0) is 0 Å². The number of ketones is 1.